The molecule has 1 aromatic heterocycles. The maximum Gasteiger partial charge on any atom is 0.263 e. The Morgan fingerprint density at radius 3 is 2.31 bits per heavy atom. The normalized spacial score (nSPS) is 14.4. The highest BCUT2D eigenvalue weighted by Crippen LogP contribution is 2.24. The molecular formula is C21H22N4O3S. The lowest BCUT2D eigenvalue weighted by atomic mass is 10.1. The Labute approximate surface area is 169 Å². The second kappa shape index (κ2) is 8.59. The highest BCUT2D eigenvalue weighted by Gasteiger charge is 2.18. The number of rotatable bonds is 7. The molecule has 2 N–H and O–H groups in total. The van der Waals surface area contributed by atoms with Crippen LogP contribution in [0.1, 0.15) is 12.8 Å². The first-order valence-corrected chi connectivity index (χ1v) is 10.9. The SMILES string of the molecule is O=S(=O)(Nc1nc2ccccc2nc1NCCC1=CCOCC1)c1ccccc1. The summed E-state index contributed by atoms with van der Waals surface area (Å²) in [6.45, 7) is 2.01. The Morgan fingerprint density at radius 1 is 0.931 bits per heavy atom. The lowest BCUT2D eigenvalue weighted by molar-refractivity contribution is 0.153. The molecule has 1 aliphatic rings. The molecule has 0 spiro atoms. The summed E-state index contributed by atoms with van der Waals surface area (Å²) < 4.78 is 33.5. The predicted molar refractivity (Wildman–Crippen MR) is 113 cm³/mol. The number of fused-ring (bicyclic) bond motifs is 1. The number of nitrogens with one attached hydrogen (secondary N) is 2. The van der Waals surface area contributed by atoms with Crippen LogP contribution in [0.3, 0.4) is 0 Å². The van der Waals surface area contributed by atoms with E-state index in [1.807, 2.05) is 18.2 Å². The molecule has 2 aromatic carbocycles. The van der Waals surface area contributed by atoms with E-state index >= 15 is 0 Å². The van der Waals surface area contributed by atoms with Crippen molar-refractivity contribution >= 4 is 32.7 Å². The number of hydrogen-bond acceptors (Lipinski definition) is 6. The number of hydrogen-bond donors (Lipinski definition) is 2. The monoisotopic (exact) mass is 410 g/mol. The van der Waals surface area contributed by atoms with Gasteiger partial charge in [0, 0.05) is 6.54 Å². The fraction of sp³-hybridized carbons (Fsp3) is 0.238. The lowest BCUT2D eigenvalue weighted by Crippen LogP contribution is -2.17. The zero-order chi connectivity index (χ0) is 20.1. The summed E-state index contributed by atoms with van der Waals surface area (Å²) in [5, 5.41) is 3.24. The fourth-order valence-electron chi connectivity index (χ4n) is 3.11. The largest absolute Gasteiger partial charge is 0.377 e. The minimum atomic E-state index is -3.77. The minimum absolute atomic E-state index is 0.174. The van der Waals surface area contributed by atoms with E-state index in [1.165, 1.54) is 5.57 Å². The van der Waals surface area contributed by atoms with Crippen LogP contribution in [-0.4, -0.2) is 38.1 Å². The van der Waals surface area contributed by atoms with E-state index in [0.717, 1.165) is 19.4 Å². The van der Waals surface area contributed by atoms with Crippen molar-refractivity contribution in [2.24, 2.45) is 0 Å². The third kappa shape index (κ3) is 4.72. The van der Waals surface area contributed by atoms with Crippen molar-refractivity contribution in [3.8, 4) is 0 Å². The van der Waals surface area contributed by atoms with Gasteiger partial charge in [0.1, 0.15) is 0 Å². The van der Waals surface area contributed by atoms with E-state index in [1.54, 1.807) is 36.4 Å². The van der Waals surface area contributed by atoms with E-state index in [4.69, 9.17) is 4.74 Å². The Bertz CT molecular complexity index is 1130. The third-order valence-electron chi connectivity index (χ3n) is 4.65. The molecule has 0 amide bonds. The Hall–Kier alpha value is -2.97. The van der Waals surface area contributed by atoms with E-state index in [2.05, 4.69) is 26.1 Å². The van der Waals surface area contributed by atoms with Crippen molar-refractivity contribution in [2.75, 3.05) is 29.8 Å². The summed E-state index contributed by atoms with van der Waals surface area (Å²) >= 11 is 0. The average molecular weight is 410 g/mol. The summed E-state index contributed by atoms with van der Waals surface area (Å²) in [6, 6.07) is 15.6. The van der Waals surface area contributed by atoms with Gasteiger partial charge in [-0.05, 0) is 37.1 Å². The molecule has 2 heterocycles. The molecule has 0 radical (unpaired) electrons. The molecule has 7 nitrogen and oxygen atoms in total. The molecule has 8 heteroatoms. The van der Waals surface area contributed by atoms with Crippen LogP contribution in [0.15, 0.2) is 71.1 Å². The molecule has 0 aliphatic carbocycles. The van der Waals surface area contributed by atoms with Gasteiger partial charge in [0.15, 0.2) is 11.6 Å². The van der Waals surface area contributed by atoms with Crippen LogP contribution >= 0.6 is 0 Å². The summed E-state index contributed by atoms with van der Waals surface area (Å²) in [6.07, 6.45) is 3.84. The van der Waals surface area contributed by atoms with Crippen molar-refractivity contribution in [1.29, 1.82) is 0 Å². The summed E-state index contributed by atoms with van der Waals surface area (Å²) in [5.41, 5.74) is 2.64. The molecule has 0 atom stereocenters. The molecule has 0 bridgehead atoms. The van der Waals surface area contributed by atoms with E-state index in [0.29, 0.717) is 30.0 Å². The van der Waals surface area contributed by atoms with Gasteiger partial charge < -0.3 is 10.1 Å². The van der Waals surface area contributed by atoms with E-state index in [9.17, 15) is 8.42 Å². The molecular weight excluding hydrogens is 388 g/mol. The zero-order valence-electron chi connectivity index (χ0n) is 15.8. The number of nitrogens with zero attached hydrogens (tertiary/aromatic N) is 2. The first-order chi connectivity index (χ1) is 14.1. The molecule has 0 saturated heterocycles. The van der Waals surface area contributed by atoms with Crippen LogP contribution in [0.25, 0.3) is 11.0 Å². The van der Waals surface area contributed by atoms with Crippen LogP contribution < -0.4 is 10.0 Å². The topological polar surface area (TPSA) is 93.2 Å². The average Bonchev–Trinajstić information content (AvgIpc) is 2.75. The van der Waals surface area contributed by atoms with Crippen molar-refractivity contribution in [3.05, 3.63) is 66.2 Å². The van der Waals surface area contributed by atoms with Crippen LogP contribution in [0.5, 0.6) is 0 Å². The zero-order valence-corrected chi connectivity index (χ0v) is 16.7. The van der Waals surface area contributed by atoms with Crippen molar-refractivity contribution in [1.82, 2.24) is 9.97 Å². The van der Waals surface area contributed by atoms with Crippen LogP contribution in [0.4, 0.5) is 11.6 Å². The van der Waals surface area contributed by atoms with Gasteiger partial charge in [-0.25, -0.2) is 18.4 Å². The van der Waals surface area contributed by atoms with E-state index in [-0.39, 0.29) is 10.7 Å². The van der Waals surface area contributed by atoms with Gasteiger partial charge in [-0.2, -0.15) is 0 Å². The quantitative estimate of drug-likeness (QED) is 0.579. The first-order valence-electron chi connectivity index (χ1n) is 9.46. The van der Waals surface area contributed by atoms with Gasteiger partial charge in [-0.15, -0.1) is 0 Å². The smallest absolute Gasteiger partial charge is 0.263 e. The van der Waals surface area contributed by atoms with Gasteiger partial charge >= 0.3 is 0 Å². The number of sulfonamides is 1. The fourth-order valence-corrected chi connectivity index (χ4v) is 4.14. The first kappa shape index (κ1) is 19.4. The second-order valence-electron chi connectivity index (χ2n) is 6.69. The standard InChI is InChI=1S/C21H22N4O3S/c26-29(27,17-6-2-1-3-7-17)25-21-20(22-13-10-16-11-14-28-15-12-16)23-18-8-4-5-9-19(18)24-21/h1-9,11H,10,12-15H2,(H,22,23)(H,24,25). The van der Waals surface area contributed by atoms with Crippen molar-refractivity contribution in [3.63, 3.8) is 0 Å². The van der Waals surface area contributed by atoms with Crippen LogP contribution in [0, 0.1) is 0 Å². The highest BCUT2D eigenvalue weighted by molar-refractivity contribution is 7.92. The molecule has 0 unspecified atom stereocenters. The maximum absolute atomic E-state index is 12.8. The Kier molecular flexibility index (Phi) is 5.73. The molecule has 1 aliphatic heterocycles. The summed E-state index contributed by atoms with van der Waals surface area (Å²) in [5.74, 6) is 0.601. The lowest BCUT2D eigenvalue weighted by Gasteiger charge is -2.16. The van der Waals surface area contributed by atoms with Gasteiger partial charge in [0.2, 0.25) is 0 Å². The van der Waals surface area contributed by atoms with Gasteiger partial charge in [-0.1, -0.05) is 42.0 Å². The predicted octanol–water partition coefficient (Wildman–Crippen LogP) is 3.58. The highest BCUT2D eigenvalue weighted by atomic mass is 32.2. The van der Waals surface area contributed by atoms with Crippen molar-refractivity contribution in [2.45, 2.75) is 17.7 Å². The summed E-state index contributed by atoms with van der Waals surface area (Å²) in [4.78, 5) is 9.27. The molecule has 0 saturated carbocycles. The van der Waals surface area contributed by atoms with Gasteiger partial charge in [0.05, 0.1) is 29.1 Å². The maximum atomic E-state index is 12.8. The number of benzene rings is 2. The Morgan fingerprint density at radius 2 is 1.62 bits per heavy atom. The molecule has 29 heavy (non-hydrogen) atoms. The van der Waals surface area contributed by atoms with E-state index < -0.39 is 10.0 Å². The Balaban J connectivity index is 1.60. The number of anilines is 2. The number of para-hydroxylation sites is 2. The van der Waals surface area contributed by atoms with Crippen LogP contribution in [0.2, 0.25) is 0 Å². The molecule has 0 fully saturated rings. The summed E-state index contributed by atoms with van der Waals surface area (Å²) in [7, 11) is -3.77. The third-order valence-corrected chi connectivity index (χ3v) is 6.01. The van der Waals surface area contributed by atoms with Gasteiger partial charge in [0.25, 0.3) is 10.0 Å². The van der Waals surface area contributed by atoms with Crippen LogP contribution in [-0.2, 0) is 14.8 Å². The molecule has 3 aromatic rings. The second-order valence-corrected chi connectivity index (χ2v) is 8.37. The van der Waals surface area contributed by atoms with Crippen molar-refractivity contribution < 1.29 is 13.2 Å². The number of ether oxygens (including phenoxy) is 1. The molecule has 150 valence electrons. The molecule has 4 rings (SSSR count). The van der Waals surface area contributed by atoms with Gasteiger partial charge in [-0.3, -0.25) is 4.72 Å². The minimum Gasteiger partial charge on any atom is -0.377 e. The number of aromatic nitrogens is 2.